The Kier molecular flexibility index (Phi) is 4.71. The first-order valence-electron chi connectivity index (χ1n) is 7.23. The van der Waals surface area contributed by atoms with Crippen LogP contribution in [0.4, 0.5) is 11.4 Å². The van der Waals surface area contributed by atoms with Crippen LogP contribution in [0.1, 0.15) is 16.8 Å². The fourth-order valence-corrected chi connectivity index (χ4v) is 4.64. The molecule has 1 heterocycles. The molecule has 1 amide bonds. The monoisotopic (exact) mass is 384 g/mol. The van der Waals surface area contributed by atoms with Gasteiger partial charge in [-0.05, 0) is 42.8 Å². The smallest absolute Gasteiger partial charge is 0.255 e. The molecule has 126 valence electrons. The summed E-state index contributed by atoms with van der Waals surface area (Å²) in [6.45, 7) is 0.428. The second-order valence-electron chi connectivity index (χ2n) is 5.40. The highest BCUT2D eigenvalue weighted by Crippen LogP contribution is 2.26. The van der Waals surface area contributed by atoms with Crippen LogP contribution in [-0.2, 0) is 10.0 Å². The van der Waals surface area contributed by atoms with E-state index in [2.05, 4.69) is 5.32 Å². The summed E-state index contributed by atoms with van der Waals surface area (Å²) in [7, 11) is -3.29. The number of hydrogen-bond donors (Lipinski definition) is 1. The van der Waals surface area contributed by atoms with Crippen molar-refractivity contribution in [3.63, 3.8) is 0 Å². The van der Waals surface area contributed by atoms with Gasteiger partial charge in [-0.1, -0.05) is 29.3 Å². The van der Waals surface area contributed by atoms with Crippen molar-refractivity contribution in [2.45, 2.75) is 6.42 Å². The van der Waals surface area contributed by atoms with E-state index in [4.69, 9.17) is 23.2 Å². The molecule has 0 atom stereocenters. The lowest BCUT2D eigenvalue weighted by Gasteiger charge is -2.17. The molecule has 8 heteroatoms. The molecule has 1 aliphatic heterocycles. The van der Waals surface area contributed by atoms with Gasteiger partial charge in [0, 0.05) is 27.8 Å². The van der Waals surface area contributed by atoms with Crippen LogP contribution in [0.5, 0.6) is 0 Å². The molecule has 3 rings (SSSR count). The molecule has 2 aromatic rings. The van der Waals surface area contributed by atoms with Crippen LogP contribution >= 0.6 is 23.2 Å². The van der Waals surface area contributed by atoms with Crippen LogP contribution in [0, 0.1) is 0 Å². The Labute approximate surface area is 150 Å². The molecule has 0 unspecified atom stereocenters. The number of amides is 1. The average Bonchev–Trinajstić information content (AvgIpc) is 2.85. The molecule has 0 spiro atoms. The first kappa shape index (κ1) is 17.1. The number of benzene rings is 2. The zero-order valence-electron chi connectivity index (χ0n) is 12.5. The van der Waals surface area contributed by atoms with Crippen LogP contribution in [0.2, 0.25) is 10.0 Å². The maximum absolute atomic E-state index is 12.4. The molecule has 2 aromatic carbocycles. The predicted octanol–water partition coefficient (Wildman–Crippen LogP) is 3.79. The van der Waals surface area contributed by atoms with Crippen LogP contribution in [0.25, 0.3) is 0 Å². The maximum Gasteiger partial charge on any atom is 0.255 e. The molecule has 1 fully saturated rings. The minimum absolute atomic E-state index is 0.129. The second-order valence-corrected chi connectivity index (χ2v) is 8.29. The zero-order valence-corrected chi connectivity index (χ0v) is 14.8. The van der Waals surface area contributed by atoms with Gasteiger partial charge in [-0.25, -0.2) is 8.42 Å². The largest absolute Gasteiger partial charge is 0.322 e. The lowest BCUT2D eigenvalue weighted by molar-refractivity contribution is 0.102. The number of nitrogens with one attached hydrogen (secondary N) is 1. The van der Waals surface area contributed by atoms with Crippen molar-refractivity contribution in [3.8, 4) is 0 Å². The van der Waals surface area contributed by atoms with Gasteiger partial charge in [0.15, 0.2) is 0 Å². The fourth-order valence-electron chi connectivity index (χ4n) is 2.56. The quantitative estimate of drug-likeness (QED) is 0.875. The third-order valence-corrected chi connectivity index (χ3v) is 5.92. The highest BCUT2D eigenvalue weighted by atomic mass is 35.5. The van der Waals surface area contributed by atoms with Crippen LogP contribution < -0.4 is 9.62 Å². The summed E-state index contributed by atoms with van der Waals surface area (Å²) in [4.78, 5) is 12.4. The van der Waals surface area contributed by atoms with E-state index in [9.17, 15) is 13.2 Å². The van der Waals surface area contributed by atoms with E-state index in [-0.39, 0.29) is 11.7 Å². The summed E-state index contributed by atoms with van der Waals surface area (Å²) < 4.78 is 25.3. The number of hydrogen-bond acceptors (Lipinski definition) is 3. The van der Waals surface area contributed by atoms with Crippen molar-refractivity contribution in [1.82, 2.24) is 0 Å². The summed E-state index contributed by atoms with van der Waals surface area (Å²) >= 11 is 11.8. The molecule has 5 nitrogen and oxygen atoms in total. The normalized spacial score (nSPS) is 16.2. The molecular formula is C16H14Cl2N2O3S. The Hall–Kier alpha value is -1.76. The highest BCUT2D eigenvalue weighted by Gasteiger charge is 2.28. The van der Waals surface area contributed by atoms with Gasteiger partial charge in [-0.15, -0.1) is 0 Å². The van der Waals surface area contributed by atoms with E-state index in [1.54, 1.807) is 42.5 Å². The van der Waals surface area contributed by atoms with Gasteiger partial charge in [0.1, 0.15) is 0 Å². The number of anilines is 2. The van der Waals surface area contributed by atoms with E-state index in [0.717, 1.165) is 0 Å². The summed E-state index contributed by atoms with van der Waals surface area (Å²) in [5, 5.41) is 3.53. The van der Waals surface area contributed by atoms with Crippen LogP contribution in [0.3, 0.4) is 0 Å². The van der Waals surface area contributed by atoms with Crippen molar-refractivity contribution in [2.75, 3.05) is 21.9 Å². The molecular weight excluding hydrogens is 371 g/mol. The first-order valence-corrected chi connectivity index (χ1v) is 9.60. The molecule has 0 aliphatic carbocycles. The average molecular weight is 385 g/mol. The molecule has 0 radical (unpaired) electrons. The zero-order chi connectivity index (χ0) is 17.3. The standard InChI is InChI=1S/C16H14Cl2N2O3S/c17-12-8-13(18)10-14(9-12)19-16(21)11-3-1-4-15(7-11)20-5-2-6-24(20,22)23/h1,3-4,7-10H,2,5-6H2,(H,19,21). The van der Waals surface area contributed by atoms with Crippen molar-refractivity contribution < 1.29 is 13.2 Å². The van der Waals surface area contributed by atoms with Gasteiger partial charge in [-0.2, -0.15) is 0 Å². The number of carbonyl (C=O) groups is 1. The summed E-state index contributed by atoms with van der Waals surface area (Å²) in [6.07, 6.45) is 0.583. The Morgan fingerprint density at radius 3 is 2.42 bits per heavy atom. The van der Waals surface area contributed by atoms with Crippen molar-refractivity contribution in [1.29, 1.82) is 0 Å². The molecule has 0 aromatic heterocycles. The Balaban J connectivity index is 1.84. The number of halogens is 2. The van der Waals surface area contributed by atoms with E-state index < -0.39 is 10.0 Å². The van der Waals surface area contributed by atoms with Gasteiger partial charge in [-0.3, -0.25) is 9.10 Å². The van der Waals surface area contributed by atoms with Gasteiger partial charge < -0.3 is 5.32 Å². The first-order chi connectivity index (χ1) is 11.3. The van der Waals surface area contributed by atoms with Crippen molar-refractivity contribution in [2.24, 2.45) is 0 Å². The molecule has 1 aliphatic rings. The van der Waals surface area contributed by atoms with Crippen molar-refractivity contribution >= 4 is 50.5 Å². The number of carbonyl (C=O) groups excluding carboxylic acids is 1. The van der Waals surface area contributed by atoms with E-state index in [1.165, 1.54) is 4.31 Å². The topological polar surface area (TPSA) is 66.5 Å². The summed E-state index contributed by atoms with van der Waals surface area (Å²) in [5.74, 6) is -0.239. The third-order valence-electron chi connectivity index (χ3n) is 3.62. The van der Waals surface area contributed by atoms with Gasteiger partial charge in [0.25, 0.3) is 5.91 Å². The van der Waals surface area contributed by atoms with E-state index in [0.29, 0.717) is 39.9 Å². The Morgan fingerprint density at radius 1 is 1.08 bits per heavy atom. The van der Waals surface area contributed by atoms with Gasteiger partial charge in [0.05, 0.1) is 11.4 Å². The molecule has 1 saturated heterocycles. The number of rotatable bonds is 3. The minimum Gasteiger partial charge on any atom is -0.322 e. The summed E-state index contributed by atoms with van der Waals surface area (Å²) in [5.41, 5.74) is 1.31. The number of nitrogens with zero attached hydrogens (tertiary/aromatic N) is 1. The Morgan fingerprint density at radius 2 is 1.79 bits per heavy atom. The van der Waals surface area contributed by atoms with Crippen LogP contribution in [-0.4, -0.2) is 26.6 Å². The van der Waals surface area contributed by atoms with Gasteiger partial charge >= 0.3 is 0 Å². The number of sulfonamides is 1. The maximum atomic E-state index is 12.4. The summed E-state index contributed by atoms with van der Waals surface area (Å²) in [6, 6.07) is 11.2. The lowest BCUT2D eigenvalue weighted by Crippen LogP contribution is -2.25. The molecule has 0 saturated carbocycles. The molecule has 24 heavy (non-hydrogen) atoms. The van der Waals surface area contributed by atoms with E-state index >= 15 is 0 Å². The predicted molar refractivity (Wildman–Crippen MR) is 96.6 cm³/mol. The lowest BCUT2D eigenvalue weighted by atomic mass is 10.1. The highest BCUT2D eigenvalue weighted by molar-refractivity contribution is 7.93. The minimum atomic E-state index is -3.29. The fraction of sp³-hybridized carbons (Fsp3) is 0.188. The third kappa shape index (κ3) is 3.66. The Bertz CT molecular complexity index is 880. The molecule has 0 bridgehead atoms. The SMILES string of the molecule is O=C(Nc1cc(Cl)cc(Cl)c1)c1cccc(N2CCCS2(=O)=O)c1. The second kappa shape index (κ2) is 6.63. The van der Waals surface area contributed by atoms with Gasteiger partial charge in [0.2, 0.25) is 10.0 Å². The molecule has 1 N–H and O–H groups in total. The van der Waals surface area contributed by atoms with Crippen LogP contribution in [0.15, 0.2) is 42.5 Å². The van der Waals surface area contributed by atoms with E-state index in [1.807, 2.05) is 0 Å². The van der Waals surface area contributed by atoms with Crippen molar-refractivity contribution in [3.05, 3.63) is 58.1 Å².